The lowest BCUT2D eigenvalue weighted by Gasteiger charge is -2.28. The molecule has 1 fully saturated rings. The number of nitrogens with zero attached hydrogens (tertiary/aromatic N) is 1. The molecule has 0 unspecified atom stereocenters. The highest BCUT2D eigenvalue weighted by Gasteiger charge is 2.42. The monoisotopic (exact) mass is 153 g/mol. The summed E-state index contributed by atoms with van der Waals surface area (Å²) in [5.74, 6) is -0.271. The maximum atomic E-state index is 10.9. The quantitative estimate of drug-likeness (QED) is 0.529. The lowest BCUT2D eigenvalue weighted by atomic mass is 10.00. The van der Waals surface area contributed by atoms with E-state index >= 15 is 0 Å². The summed E-state index contributed by atoms with van der Waals surface area (Å²) in [7, 11) is 0. The molecule has 3 nitrogen and oxygen atoms in total. The molecule has 2 rings (SSSR count). The van der Waals surface area contributed by atoms with E-state index in [4.69, 9.17) is 0 Å². The lowest BCUT2D eigenvalue weighted by Crippen LogP contribution is -2.41. The van der Waals surface area contributed by atoms with Gasteiger partial charge in [-0.15, -0.1) is 0 Å². The van der Waals surface area contributed by atoms with Gasteiger partial charge in [-0.2, -0.15) is 0 Å². The van der Waals surface area contributed by atoms with Gasteiger partial charge in [0.2, 0.25) is 0 Å². The molecule has 0 aromatic rings. The van der Waals surface area contributed by atoms with Crippen LogP contribution in [0.4, 0.5) is 0 Å². The Morgan fingerprint density at radius 2 is 2.09 bits per heavy atom. The van der Waals surface area contributed by atoms with Gasteiger partial charge in [0.05, 0.1) is 5.54 Å². The highest BCUT2D eigenvalue weighted by molar-refractivity contribution is 5.90. The predicted octanol–water partition coefficient (Wildman–Crippen LogP) is 1.09. The molecule has 0 radical (unpaired) electrons. The fraction of sp³-hybridized carbons (Fsp3) is 0.625. The van der Waals surface area contributed by atoms with Gasteiger partial charge in [-0.05, 0) is 12.8 Å². The normalized spacial score (nSPS) is 27.4. The third-order valence-corrected chi connectivity index (χ3v) is 2.64. The van der Waals surface area contributed by atoms with E-state index in [9.17, 15) is 10.0 Å². The van der Waals surface area contributed by atoms with E-state index in [1.165, 1.54) is 6.08 Å². The van der Waals surface area contributed by atoms with Crippen LogP contribution in [0.2, 0.25) is 0 Å². The third kappa shape index (κ3) is 0.807. The molecule has 0 aromatic heterocycles. The molecule has 1 amide bonds. The Morgan fingerprint density at radius 1 is 1.45 bits per heavy atom. The molecular weight excluding hydrogens is 142 g/mol. The van der Waals surface area contributed by atoms with E-state index in [0.29, 0.717) is 0 Å². The smallest absolute Gasteiger partial charge is 0.270 e. The molecule has 1 aliphatic heterocycles. The van der Waals surface area contributed by atoms with Crippen LogP contribution in [0.3, 0.4) is 0 Å². The van der Waals surface area contributed by atoms with Crippen molar-refractivity contribution in [3.05, 3.63) is 12.2 Å². The zero-order chi connectivity index (χ0) is 7.90. The Morgan fingerprint density at radius 3 is 2.55 bits per heavy atom. The van der Waals surface area contributed by atoms with Gasteiger partial charge in [-0.3, -0.25) is 10.0 Å². The van der Waals surface area contributed by atoms with Crippen LogP contribution in [-0.2, 0) is 4.79 Å². The van der Waals surface area contributed by atoms with Gasteiger partial charge in [0, 0.05) is 6.08 Å². The summed E-state index contributed by atoms with van der Waals surface area (Å²) >= 11 is 0. The highest BCUT2D eigenvalue weighted by atomic mass is 16.5. The first-order chi connectivity index (χ1) is 5.25. The van der Waals surface area contributed by atoms with Crippen LogP contribution in [0.1, 0.15) is 25.7 Å². The van der Waals surface area contributed by atoms with Crippen molar-refractivity contribution in [1.82, 2.24) is 5.06 Å². The molecule has 0 atom stereocenters. The molecule has 1 aliphatic carbocycles. The van der Waals surface area contributed by atoms with Gasteiger partial charge in [-0.25, -0.2) is 5.06 Å². The van der Waals surface area contributed by atoms with E-state index in [1.807, 2.05) is 6.08 Å². The minimum absolute atomic E-state index is 0.271. The van der Waals surface area contributed by atoms with Crippen molar-refractivity contribution in [2.75, 3.05) is 0 Å². The van der Waals surface area contributed by atoms with E-state index in [-0.39, 0.29) is 11.4 Å². The fourth-order valence-electron chi connectivity index (χ4n) is 1.95. The Labute approximate surface area is 65.3 Å². The molecule has 1 heterocycles. The zero-order valence-electron chi connectivity index (χ0n) is 6.29. The van der Waals surface area contributed by atoms with Gasteiger partial charge in [0.25, 0.3) is 5.91 Å². The Kier molecular flexibility index (Phi) is 1.29. The van der Waals surface area contributed by atoms with Crippen LogP contribution in [0.5, 0.6) is 0 Å². The van der Waals surface area contributed by atoms with E-state index in [1.54, 1.807) is 0 Å². The lowest BCUT2D eigenvalue weighted by molar-refractivity contribution is -0.176. The second-order valence-electron chi connectivity index (χ2n) is 3.29. The summed E-state index contributed by atoms with van der Waals surface area (Å²) in [6.45, 7) is 0. The van der Waals surface area contributed by atoms with Crippen LogP contribution in [-0.4, -0.2) is 21.7 Å². The number of amides is 1. The van der Waals surface area contributed by atoms with Crippen molar-refractivity contribution in [2.45, 2.75) is 31.2 Å². The molecule has 60 valence electrons. The average Bonchev–Trinajstić information content (AvgIpc) is 2.56. The molecule has 3 heteroatoms. The maximum Gasteiger partial charge on any atom is 0.270 e. The van der Waals surface area contributed by atoms with Gasteiger partial charge in [-0.1, -0.05) is 18.9 Å². The third-order valence-electron chi connectivity index (χ3n) is 2.64. The Hall–Kier alpha value is -0.830. The highest BCUT2D eigenvalue weighted by Crippen LogP contribution is 2.38. The fourth-order valence-corrected chi connectivity index (χ4v) is 1.95. The molecule has 0 saturated heterocycles. The number of rotatable bonds is 0. The van der Waals surface area contributed by atoms with Crippen molar-refractivity contribution in [1.29, 1.82) is 0 Å². The van der Waals surface area contributed by atoms with Crippen molar-refractivity contribution in [2.24, 2.45) is 0 Å². The molecule has 1 N–H and O–H groups in total. The number of hydroxylamine groups is 2. The minimum Gasteiger partial charge on any atom is -0.285 e. The SMILES string of the molecule is O=C1C=CC2(CCCC2)N1O. The molecule has 1 spiro atoms. The van der Waals surface area contributed by atoms with E-state index in [2.05, 4.69) is 0 Å². The molecule has 2 aliphatic rings. The molecule has 0 bridgehead atoms. The largest absolute Gasteiger partial charge is 0.285 e. The zero-order valence-corrected chi connectivity index (χ0v) is 6.29. The summed E-state index contributed by atoms with van der Waals surface area (Å²) in [6, 6.07) is 0. The molecule has 1 saturated carbocycles. The number of carbonyl (C=O) groups excluding carboxylic acids is 1. The first-order valence-electron chi connectivity index (χ1n) is 3.97. The maximum absolute atomic E-state index is 10.9. The number of hydrogen-bond acceptors (Lipinski definition) is 2. The first-order valence-corrected chi connectivity index (χ1v) is 3.97. The molecule has 0 aromatic carbocycles. The van der Waals surface area contributed by atoms with Gasteiger partial charge in [0.15, 0.2) is 0 Å². The van der Waals surface area contributed by atoms with Crippen molar-refractivity contribution in [3.8, 4) is 0 Å². The second-order valence-corrected chi connectivity index (χ2v) is 3.29. The summed E-state index contributed by atoms with van der Waals surface area (Å²) < 4.78 is 0. The van der Waals surface area contributed by atoms with Gasteiger partial charge in [0.1, 0.15) is 0 Å². The summed E-state index contributed by atoms with van der Waals surface area (Å²) in [5.41, 5.74) is -0.322. The van der Waals surface area contributed by atoms with Crippen LogP contribution < -0.4 is 0 Å². The minimum atomic E-state index is -0.322. The summed E-state index contributed by atoms with van der Waals surface area (Å²) in [6.07, 6.45) is 7.33. The Bertz CT molecular complexity index is 216. The van der Waals surface area contributed by atoms with Crippen LogP contribution in [0.25, 0.3) is 0 Å². The van der Waals surface area contributed by atoms with Crippen LogP contribution >= 0.6 is 0 Å². The predicted molar refractivity (Wildman–Crippen MR) is 39.0 cm³/mol. The average molecular weight is 153 g/mol. The van der Waals surface area contributed by atoms with Crippen LogP contribution in [0, 0.1) is 0 Å². The second kappa shape index (κ2) is 2.08. The van der Waals surface area contributed by atoms with Gasteiger partial charge >= 0.3 is 0 Å². The molecule has 11 heavy (non-hydrogen) atoms. The van der Waals surface area contributed by atoms with E-state index in [0.717, 1.165) is 30.7 Å². The Balaban J connectivity index is 2.27. The van der Waals surface area contributed by atoms with Crippen LogP contribution in [0.15, 0.2) is 12.2 Å². The number of carbonyl (C=O) groups is 1. The summed E-state index contributed by atoms with van der Waals surface area (Å²) in [4.78, 5) is 10.9. The van der Waals surface area contributed by atoms with Crippen molar-refractivity contribution < 1.29 is 10.0 Å². The van der Waals surface area contributed by atoms with Crippen molar-refractivity contribution >= 4 is 5.91 Å². The number of hydrogen-bond donors (Lipinski definition) is 1. The van der Waals surface area contributed by atoms with E-state index < -0.39 is 0 Å². The topological polar surface area (TPSA) is 40.5 Å². The molecular formula is C8H11NO2. The standard InChI is InChI=1S/C8H11NO2/c10-7-3-6-8(9(7)11)4-1-2-5-8/h3,6,11H,1-2,4-5H2. The first kappa shape index (κ1) is 6.85. The van der Waals surface area contributed by atoms with Gasteiger partial charge < -0.3 is 0 Å². The van der Waals surface area contributed by atoms with Crippen molar-refractivity contribution in [3.63, 3.8) is 0 Å². The summed E-state index contributed by atoms with van der Waals surface area (Å²) in [5, 5.41) is 10.3.